The number of hydrogen-bond donors (Lipinski definition) is 1. The average Bonchev–Trinajstić information content (AvgIpc) is 2.99. The lowest BCUT2D eigenvalue weighted by Crippen LogP contribution is -2.53. The van der Waals surface area contributed by atoms with Gasteiger partial charge in [0.05, 0.1) is 11.9 Å². The molecule has 0 heterocycles. The second-order valence-corrected chi connectivity index (χ2v) is 14.2. The highest BCUT2D eigenvalue weighted by Gasteiger charge is 2.32. The molecule has 1 fully saturated rings. The Morgan fingerprint density at radius 2 is 1.55 bits per heavy atom. The van der Waals surface area contributed by atoms with Gasteiger partial charge in [-0.05, 0) is 68.4 Å². The van der Waals surface area contributed by atoms with Crippen molar-refractivity contribution in [2.45, 2.75) is 90.8 Å². The van der Waals surface area contributed by atoms with E-state index in [4.69, 9.17) is 0 Å². The van der Waals surface area contributed by atoms with Gasteiger partial charge in [-0.15, -0.1) is 0 Å². The Morgan fingerprint density at radius 1 is 0.864 bits per heavy atom. The highest BCUT2D eigenvalue weighted by Crippen LogP contribution is 2.25. The number of amides is 2. The fraction of sp³-hybridized carbons (Fsp3) is 0.444. The number of nitrogens with one attached hydrogen (secondary N) is 1. The van der Waals surface area contributed by atoms with Crippen LogP contribution in [0.25, 0.3) is 0 Å². The highest BCUT2D eigenvalue weighted by molar-refractivity contribution is 7.92. The highest BCUT2D eigenvalue weighted by atomic mass is 32.2. The van der Waals surface area contributed by atoms with Crippen molar-refractivity contribution < 1.29 is 18.0 Å². The third-order valence-electron chi connectivity index (χ3n) is 8.44. The van der Waals surface area contributed by atoms with Crippen molar-refractivity contribution in [3.63, 3.8) is 0 Å². The van der Waals surface area contributed by atoms with Crippen molar-refractivity contribution in [3.05, 3.63) is 101 Å². The van der Waals surface area contributed by atoms with E-state index in [0.717, 1.165) is 53.5 Å². The molecule has 0 radical (unpaired) electrons. The Morgan fingerprint density at radius 3 is 2.23 bits per heavy atom. The molecule has 0 aliphatic heterocycles. The van der Waals surface area contributed by atoms with E-state index >= 15 is 0 Å². The largest absolute Gasteiger partial charge is 0.352 e. The molecule has 8 heteroatoms. The van der Waals surface area contributed by atoms with Crippen LogP contribution in [0.4, 0.5) is 5.69 Å². The van der Waals surface area contributed by atoms with E-state index in [1.807, 2.05) is 93.6 Å². The summed E-state index contributed by atoms with van der Waals surface area (Å²) in [6.45, 7) is 6.30. The van der Waals surface area contributed by atoms with Gasteiger partial charge in [-0.3, -0.25) is 13.9 Å². The summed E-state index contributed by atoms with van der Waals surface area (Å²) in [5.74, 6) is -0.296. The van der Waals surface area contributed by atoms with Gasteiger partial charge in [0.25, 0.3) is 0 Å². The van der Waals surface area contributed by atoms with Crippen LogP contribution in [0.2, 0.25) is 0 Å². The predicted molar refractivity (Wildman–Crippen MR) is 178 cm³/mol. The summed E-state index contributed by atoms with van der Waals surface area (Å²) in [4.78, 5) is 29.8. The fourth-order valence-corrected chi connectivity index (χ4v) is 7.09. The molecule has 0 bridgehead atoms. The summed E-state index contributed by atoms with van der Waals surface area (Å²) in [5.41, 5.74) is 5.47. The number of benzene rings is 3. The molecule has 44 heavy (non-hydrogen) atoms. The van der Waals surface area contributed by atoms with E-state index in [9.17, 15) is 18.0 Å². The SMILES string of the molecule is Cc1cccc(CN(C(=O)CCCN(c2cc(C)ccc2C)S(C)(=O)=O)[C@@H](Cc2ccccc2)C(=O)NC2CCCCC2)c1. The number of hydrogen-bond acceptors (Lipinski definition) is 4. The van der Waals surface area contributed by atoms with Crippen molar-refractivity contribution >= 4 is 27.5 Å². The van der Waals surface area contributed by atoms with Crippen LogP contribution >= 0.6 is 0 Å². The Labute approximate surface area is 263 Å². The molecule has 4 rings (SSSR count). The summed E-state index contributed by atoms with van der Waals surface area (Å²) in [6.07, 6.45) is 7.32. The Hall–Kier alpha value is -3.65. The molecule has 1 aliphatic rings. The lowest BCUT2D eigenvalue weighted by atomic mass is 9.94. The molecule has 0 spiro atoms. The van der Waals surface area contributed by atoms with Crippen molar-refractivity contribution in [2.75, 3.05) is 17.1 Å². The van der Waals surface area contributed by atoms with Crippen LogP contribution in [0, 0.1) is 20.8 Å². The normalized spacial score (nSPS) is 14.5. The number of nitrogens with zero attached hydrogens (tertiary/aromatic N) is 2. The molecular formula is C36H47N3O4S. The lowest BCUT2D eigenvalue weighted by Gasteiger charge is -2.34. The minimum Gasteiger partial charge on any atom is -0.352 e. The molecule has 0 unspecified atom stereocenters. The van der Waals surface area contributed by atoms with Gasteiger partial charge in [-0.25, -0.2) is 8.42 Å². The van der Waals surface area contributed by atoms with E-state index in [2.05, 4.69) is 5.32 Å². The first-order valence-electron chi connectivity index (χ1n) is 15.8. The van der Waals surface area contributed by atoms with Gasteiger partial charge < -0.3 is 10.2 Å². The molecule has 2 amide bonds. The summed E-state index contributed by atoms with van der Waals surface area (Å²) in [6, 6.07) is 23.0. The smallest absolute Gasteiger partial charge is 0.243 e. The number of carbonyl (C=O) groups is 2. The first-order chi connectivity index (χ1) is 21.0. The number of sulfonamides is 1. The topological polar surface area (TPSA) is 86.8 Å². The second kappa shape index (κ2) is 15.4. The molecule has 1 saturated carbocycles. The van der Waals surface area contributed by atoms with Crippen molar-refractivity contribution in [1.82, 2.24) is 10.2 Å². The molecule has 3 aromatic rings. The number of rotatable bonds is 13. The minimum atomic E-state index is -3.57. The molecule has 1 atom stereocenters. The average molecular weight is 618 g/mol. The zero-order valence-electron chi connectivity index (χ0n) is 26.6. The Kier molecular flexibility index (Phi) is 11.6. The zero-order valence-corrected chi connectivity index (χ0v) is 27.4. The molecule has 236 valence electrons. The predicted octanol–water partition coefficient (Wildman–Crippen LogP) is 6.25. The van der Waals surface area contributed by atoms with Gasteiger partial charge in [0.15, 0.2) is 0 Å². The van der Waals surface area contributed by atoms with Gasteiger partial charge in [0.1, 0.15) is 6.04 Å². The third kappa shape index (κ3) is 9.42. The van der Waals surface area contributed by atoms with Gasteiger partial charge >= 0.3 is 0 Å². The quantitative estimate of drug-likeness (QED) is 0.246. The molecule has 1 aliphatic carbocycles. The Balaban J connectivity index is 1.60. The molecule has 0 aromatic heterocycles. The van der Waals surface area contributed by atoms with Crippen molar-refractivity contribution in [3.8, 4) is 0 Å². The van der Waals surface area contributed by atoms with E-state index in [1.54, 1.807) is 4.90 Å². The standard InChI is InChI=1S/C36H47N3O4S/c1-27-13-11-16-31(23-27)26-38(34(25-30-14-7-5-8-15-30)36(41)37-32-17-9-6-10-18-32)35(40)19-12-22-39(44(4,42)43)33-24-28(2)20-21-29(33)3/h5,7-8,11,13-16,20-21,23-24,32,34H,6,9-10,12,17-19,22,25-26H2,1-4H3,(H,37,41)/t34-/m0/s1. The van der Waals surface area contributed by atoms with Crippen molar-refractivity contribution in [1.29, 1.82) is 0 Å². The summed E-state index contributed by atoms with van der Waals surface area (Å²) in [7, 11) is -3.57. The van der Waals surface area contributed by atoms with Gasteiger partial charge in [-0.1, -0.05) is 91.6 Å². The monoisotopic (exact) mass is 617 g/mol. The van der Waals surface area contributed by atoms with Crippen LogP contribution in [-0.4, -0.2) is 50.0 Å². The van der Waals surface area contributed by atoms with Crippen LogP contribution < -0.4 is 9.62 Å². The van der Waals surface area contributed by atoms with Crippen LogP contribution in [0.5, 0.6) is 0 Å². The number of carbonyl (C=O) groups excluding carboxylic acids is 2. The van der Waals surface area contributed by atoms with Crippen LogP contribution in [0.15, 0.2) is 72.8 Å². The molecule has 0 saturated heterocycles. The number of anilines is 1. The molecule has 3 aromatic carbocycles. The molecular weight excluding hydrogens is 570 g/mol. The van der Waals surface area contributed by atoms with E-state index < -0.39 is 16.1 Å². The maximum Gasteiger partial charge on any atom is 0.243 e. The minimum absolute atomic E-state index is 0.116. The van der Waals surface area contributed by atoms with Gasteiger partial charge in [0.2, 0.25) is 21.8 Å². The molecule has 7 nitrogen and oxygen atoms in total. The summed E-state index contributed by atoms with van der Waals surface area (Å²) in [5, 5.41) is 3.28. The summed E-state index contributed by atoms with van der Waals surface area (Å²) >= 11 is 0. The van der Waals surface area contributed by atoms with Crippen LogP contribution in [0.1, 0.15) is 72.8 Å². The van der Waals surface area contributed by atoms with Crippen LogP contribution in [-0.2, 0) is 32.6 Å². The van der Waals surface area contributed by atoms with Crippen molar-refractivity contribution in [2.24, 2.45) is 0 Å². The maximum atomic E-state index is 14.1. The van der Waals surface area contributed by atoms with E-state index in [0.29, 0.717) is 25.1 Å². The maximum absolute atomic E-state index is 14.1. The zero-order chi connectivity index (χ0) is 31.7. The number of aryl methyl sites for hydroxylation is 3. The Bertz CT molecular complexity index is 1520. The third-order valence-corrected chi connectivity index (χ3v) is 9.62. The van der Waals surface area contributed by atoms with Gasteiger partial charge in [-0.2, -0.15) is 0 Å². The molecule has 1 N–H and O–H groups in total. The second-order valence-electron chi connectivity index (χ2n) is 12.3. The van der Waals surface area contributed by atoms with E-state index in [1.165, 1.54) is 17.0 Å². The first-order valence-corrected chi connectivity index (χ1v) is 17.6. The van der Waals surface area contributed by atoms with E-state index in [-0.39, 0.29) is 30.8 Å². The van der Waals surface area contributed by atoms with Gasteiger partial charge in [0, 0.05) is 32.0 Å². The lowest BCUT2D eigenvalue weighted by molar-refractivity contribution is -0.141. The fourth-order valence-electron chi connectivity index (χ4n) is 6.08. The first kappa shape index (κ1) is 33.2. The van der Waals surface area contributed by atoms with Crippen LogP contribution in [0.3, 0.4) is 0 Å². The summed E-state index contributed by atoms with van der Waals surface area (Å²) < 4.78 is 27.1.